The van der Waals surface area contributed by atoms with Gasteiger partial charge in [0, 0.05) is 13.0 Å². The number of aliphatic hydroxyl groups is 2. The second kappa shape index (κ2) is 18.5. The normalized spacial score (nSPS) is 12.6. The van der Waals surface area contributed by atoms with Gasteiger partial charge in [-0.05, 0) is 44.9 Å². The Kier molecular flexibility index (Phi) is 17.8. The molecule has 0 spiro atoms. The molecule has 0 radical (unpaired) electrons. The average molecular weight is 343 g/mol. The van der Waals surface area contributed by atoms with Gasteiger partial charge in [0.25, 0.3) is 0 Å². The molecule has 0 aromatic heterocycles. The molecule has 4 heteroatoms. The minimum absolute atomic E-state index is 0.128. The molecule has 0 aliphatic rings. The Morgan fingerprint density at radius 2 is 1.46 bits per heavy atom. The van der Waals surface area contributed by atoms with E-state index in [4.69, 9.17) is 9.84 Å². The van der Waals surface area contributed by atoms with Crippen LogP contribution < -0.4 is 0 Å². The van der Waals surface area contributed by atoms with Crippen molar-refractivity contribution >= 4 is 5.97 Å². The van der Waals surface area contributed by atoms with Gasteiger partial charge in [-0.25, -0.2) is 0 Å². The summed E-state index contributed by atoms with van der Waals surface area (Å²) in [6.07, 6.45) is 17.5. The van der Waals surface area contributed by atoms with Gasteiger partial charge >= 0.3 is 5.97 Å². The lowest BCUT2D eigenvalue weighted by Gasteiger charge is -2.08. The summed E-state index contributed by atoms with van der Waals surface area (Å²) in [7, 11) is 0. The Balaban J connectivity index is 3.23. The fraction of sp³-hybridized carbons (Fsp3) is 0.850. The molecule has 4 nitrogen and oxygen atoms in total. The fourth-order valence-electron chi connectivity index (χ4n) is 2.40. The van der Waals surface area contributed by atoms with Crippen molar-refractivity contribution in [3.8, 4) is 0 Å². The number of unbranched alkanes of at least 4 members (excludes halogenated alkanes) is 9. The summed E-state index contributed by atoms with van der Waals surface area (Å²) in [5.74, 6) is -0.190. The zero-order chi connectivity index (χ0) is 17.9. The van der Waals surface area contributed by atoms with Crippen molar-refractivity contribution in [2.75, 3.05) is 13.2 Å². The van der Waals surface area contributed by atoms with Crippen LogP contribution in [0.25, 0.3) is 0 Å². The molecule has 1 atom stereocenters. The van der Waals surface area contributed by atoms with Gasteiger partial charge in [-0.15, -0.1) is 0 Å². The van der Waals surface area contributed by atoms with E-state index >= 15 is 0 Å². The number of carbonyl (C=O) groups is 1. The summed E-state index contributed by atoms with van der Waals surface area (Å²) >= 11 is 0. The number of aliphatic hydroxyl groups excluding tert-OH is 2. The van der Waals surface area contributed by atoms with Crippen molar-refractivity contribution in [3.63, 3.8) is 0 Å². The maximum atomic E-state index is 11.4. The molecule has 0 aromatic rings. The lowest BCUT2D eigenvalue weighted by Crippen LogP contribution is -2.17. The highest BCUT2D eigenvalue weighted by atomic mass is 16.5. The summed E-state index contributed by atoms with van der Waals surface area (Å²) in [6.45, 7) is 2.31. The standard InChI is InChI=1S/C20H38O4/c1-2-19(22)18-24-20(23)16-14-12-10-8-6-4-3-5-7-9-11-13-15-17-21/h3,5,19,21-22H,2,4,6-18H2,1H3/b5-3+. The van der Waals surface area contributed by atoms with E-state index in [1.54, 1.807) is 0 Å². The van der Waals surface area contributed by atoms with Crippen LogP contribution in [0, 0.1) is 0 Å². The molecule has 2 N–H and O–H groups in total. The number of rotatable bonds is 17. The van der Waals surface area contributed by atoms with Gasteiger partial charge in [-0.1, -0.05) is 51.2 Å². The van der Waals surface area contributed by atoms with Gasteiger partial charge in [0.2, 0.25) is 0 Å². The zero-order valence-electron chi connectivity index (χ0n) is 15.5. The molecular weight excluding hydrogens is 304 g/mol. The molecule has 0 aliphatic carbocycles. The van der Waals surface area contributed by atoms with E-state index in [-0.39, 0.29) is 12.6 Å². The van der Waals surface area contributed by atoms with Crippen LogP contribution in [0.4, 0.5) is 0 Å². The maximum absolute atomic E-state index is 11.4. The first kappa shape index (κ1) is 23.1. The molecule has 0 saturated carbocycles. The molecule has 0 heterocycles. The Morgan fingerprint density at radius 3 is 2.04 bits per heavy atom. The highest BCUT2D eigenvalue weighted by molar-refractivity contribution is 5.69. The van der Waals surface area contributed by atoms with Crippen molar-refractivity contribution in [3.05, 3.63) is 12.2 Å². The summed E-state index contributed by atoms with van der Waals surface area (Å²) in [5.41, 5.74) is 0. The van der Waals surface area contributed by atoms with E-state index in [2.05, 4.69) is 12.2 Å². The van der Waals surface area contributed by atoms with Gasteiger partial charge in [-0.3, -0.25) is 4.79 Å². The van der Waals surface area contributed by atoms with E-state index in [0.29, 0.717) is 19.4 Å². The molecule has 0 saturated heterocycles. The molecule has 1 unspecified atom stereocenters. The molecule has 0 amide bonds. The number of hydrogen-bond acceptors (Lipinski definition) is 4. The molecule has 0 fully saturated rings. The van der Waals surface area contributed by atoms with Crippen molar-refractivity contribution in [2.24, 2.45) is 0 Å². The zero-order valence-corrected chi connectivity index (χ0v) is 15.5. The monoisotopic (exact) mass is 342 g/mol. The van der Waals surface area contributed by atoms with E-state index in [9.17, 15) is 9.90 Å². The second-order valence-corrected chi connectivity index (χ2v) is 6.45. The number of esters is 1. The average Bonchev–Trinajstić information content (AvgIpc) is 2.59. The minimum atomic E-state index is -0.525. The van der Waals surface area contributed by atoms with Gasteiger partial charge in [0.15, 0.2) is 0 Å². The van der Waals surface area contributed by atoms with Crippen molar-refractivity contribution in [2.45, 2.75) is 96.5 Å². The Hall–Kier alpha value is -0.870. The molecule has 0 aromatic carbocycles. The lowest BCUT2D eigenvalue weighted by molar-refractivity contribution is -0.146. The largest absolute Gasteiger partial charge is 0.463 e. The van der Waals surface area contributed by atoms with Crippen LogP contribution >= 0.6 is 0 Å². The minimum Gasteiger partial charge on any atom is -0.463 e. The molecule has 142 valence electrons. The van der Waals surface area contributed by atoms with Gasteiger partial charge in [0.1, 0.15) is 6.61 Å². The van der Waals surface area contributed by atoms with E-state index in [1.165, 1.54) is 32.1 Å². The van der Waals surface area contributed by atoms with Crippen LogP contribution in [0.15, 0.2) is 12.2 Å². The smallest absolute Gasteiger partial charge is 0.305 e. The molecule has 24 heavy (non-hydrogen) atoms. The Morgan fingerprint density at radius 1 is 0.917 bits per heavy atom. The van der Waals surface area contributed by atoms with Crippen LogP contribution in [0.3, 0.4) is 0 Å². The van der Waals surface area contributed by atoms with Gasteiger partial charge < -0.3 is 14.9 Å². The topological polar surface area (TPSA) is 66.8 Å². The van der Waals surface area contributed by atoms with Crippen molar-refractivity contribution in [1.29, 1.82) is 0 Å². The van der Waals surface area contributed by atoms with E-state index < -0.39 is 6.10 Å². The first-order valence-corrected chi connectivity index (χ1v) is 9.80. The Labute approximate surface area is 148 Å². The third-order valence-corrected chi connectivity index (χ3v) is 4.11. The predicted octanol–water partition coefficient (Wildman–Crippen LogP) is 4.53. The third kappa shape index (κ3) is 17.5. The van der Waals surface area contributed by atoms with Crippen LogP contribution in [0.1, 0.15) is 90.4 Å². The summed E-state index contributed by atoms with van der Waals surface area (Å²) in [6, 6.07) is 0. The first-order chi connectivity index (χ1) is 11.7. The number of ether oxygens (including phenoxy) is 1. The highest BCUT2D eigenvalue weighted by Gasteiger charge is 2.06. The van der Waals surface area contributed by atoms with Crippen LogP contribution in [-0.2, 0) is 9.53 Å². The Bertz CT molecular complexity index is 302. The molecule has 0 rings (SSSR count). The first-order valence-electron chi connectivity index (χ1n) is 9.80. The summed E-state index contributed by atoms with van der Waals surface area (Å²) in [4.78, 5) is 11.4. The van der Waals surface area contributed by atoms with Crippen LogP contribution in [-0.4, -0.2) is 35.5 Å². The third-order valence-electron chi connectivity index (χ3n) is 4.11. The molecular formula is C20H38O4. The quantitative estimate of drug-likeness (QED) is 0.231. The van der Waals surface area contributed by atoms with E-state index in [1.807, 2.05) is 6.92 Å². The van der Waals surface area contributed by atoms with Crippen molar-refractivity contribution < 1.29 is 19.7 Å². The summed E-state index contributed by atoms with van der Waals surface area (Å²) in [5, 5.41) is 18.0. The van der Waals surface area contributed by atoms with Crippen molar-refractivity contribution in [1.82, 2.24) is 0 Å². The predicted molar refractivity (Wildman–Crippen MR) is 98.9 cm³/mol. The maximum Gasteiger partial charge on any atom is 0.305 e. The summed E-state index contributed by atoms with van der Waals surface area (Å²) < 4.78 is 5.00. The second-order valence-electron chi connectivity index (χ2n) is 6.45. The lowest BCUT2D eigenvalue weighted by atomic mass is 10.1. The highest BCUT2D eigenvalue weighted by Crippen LogP contribution is 2.09. The van der Waals surface area contributed by atoms with Gasteiger partial charge in [-0.2, -0.15) is 0 Å². The van der Waals surface area contributed by atoms with Gasteiger partial charge in [0.05, 0.1) is 6.10 Å². The van der Waals surface area contributed by atoms with Crippen LogP contribution in [0.5, 0.6) is 0 Å². The molecule has 0 aliphatic heterocycles. The number of carbonyl (C=O) groups excluding carboxylic acids is 1. The SMILES string of the molecule is CCC(O)COC(=O)CCCCCCC/C=C/CCCCCCO. The van der Waals surface area contributed by atoms with E-state index in [0.717, 1.165) is 38.5 Å². The van der Waals surface area contributed by atoms with Crippen LogP contribution in [0.2, 0.25) is 0 Å². The molecule has 0 bridgehead atoms. The fourth-order valence-corrected chi connectivity index (χ4v) is 2.40. The number of allylic oxidation sites excluding steroid dienone is 2. The number of hydrogen-bond donors (Lipinski definition) is 2.